The van der Waals surface area contributed by atoms with Gasteiger partial charge in [0.15, 0.2) is 0 Å². The van der Waals surface area contributed by atoms with E-state index in [2.05, 4.69) is 22.4 Å². The number of nitrogens with one attached hydrogen (secondary N) is 1. The smallest absolute Gasteiger partial charge is 0.224 e. The van der Waals surface area contributed by atoms with Crippen LogP contribution in [0.1, 0.15) is 24.1 Å². The Morgan fingerprint density at radius 3 is 2.69 bits per heavy atom. The SMILES string of the molecule is COc1ccc(NC(=O)CCCc2ccccc2)cc1-n1cnc(C)c1. The predicted octanol–water partition coefficient (Wildman–Crippen LogP) is 4.15. The van der Waals surface area contributed by atoms with Gasteiger partial charge in [-0.1, -0.05) is 30.3 Å². The number of imidazole rings is 1. The molecule has 0 unspecified atom stereocenters. The van der Waals surface area contributed by atoms with Crippen molar-refractivity contribution in [1.29, 1.82) is 0 Å². The van der Waals surface area contributed by atoms with Gasteiger partial charge in [0.2, 0.25) is 5.91 Å². The van der Waals surface area contributed by atoms with Crippen LogP contribution in [0, 0.1) is 6.92 Å². The van der Waals surface area contributed by atoms with Gasteiger partial charge >= 0.3 is 0 Å². The summed E-state index contributed by atoms with van der Waals surface area (Å²) >= 11 is 0. The molecule has 3 rings (SSSR count). The molecule has 1 aromatic heterocycles. The number of amides is 1. The van der Waals surface area contributed by atoms with Crippen LogP contribution in [-0.4, -0.2) is 22.6 Å². The van der Waals surface area contributed by atoms with Crippen LogP contribution >= 0.6 is 0 Å². The van der Waals surface area contributed by atoms with Crippen molar-refractivity contribution in [2.24, 2.45) is 0 Å². The molecular formula is C21H23N3O2. The lowest BCUT2D eigenvalue weighted by Crippen LogP contribution is -2.12. The number of methoxy groups -OCH3 is 1. The fourth-order valence-corrected chi connectivity index (χ4v) is 2.84. The molecule has 0 saturated carbocycles. The van der Waals surface area contributed by atoms with Crippen molar-refractivity contribution in [3.63, 3.8) is 0 Å². The second-order valence-corrected chi connectivity index (χ2v) is 6.20. The van der Waals surface area contributed by atoms with E-state index in [1.54, 1.807) is 13.4 Å². The monoisotopic (exact) mass is 349 g/mol. The molecule has 0 aliphatic rings. The lowest BCUT2D eigenvalue weighted by Gasteiger charge is -2.12. The molecule has 1 amide bonds. The Bertz CT molecular complexity index is 872. The molecule has 26 heavy (non-hydrogen) atoms. The zero-order chi connectivity index (χ0) is 18.4. The van der Waals surface area contributed by atoms with Gasteiger partial charge in [-0.25, -0.2) is 4.98 Å². The Balaban J connectivity index is 1.63. The predicted molar refractivity (Wildman–Crippen MR) is 103 cm³/mol. The quantitative estimate of drug-likeness (QED) is 0.697. The molecule has 1 heterocycles. The average Bonchev–Trinajstić information content (AvgIpc) is 3.09. The number of hydrogen-bond acceptors (Lipinski definition) is 3. The first-order chi connectivity index (χ1) is 12.7. The molecular weight excluding hydrogens is 326 g/mol. The Labute approximate surface area is 153 Å². The number of carbonyl (C=O) groups is 1. The fraction of sp³-hybridized carbons (Fsp3) is 0.238. The van der Waals surface area contributed by atoms with Crippen molar-refractivity contribution in [3.8, 4) is 11.4 Å². The van der Waals surface area contributed by atoms with Crippen LogP contribution in [0.25, 0.3) is 5.69 Å². The number of benzene rings is 2. The van der Waals surface area contributed by atoms with E-state index in [0.717, 1.165) is 35.7 Å². The van der Waals surface area contributed by atoms with Crippen LogP contribution in [0.4, 0.5) is 5.69 Å². The van der Waals surface area contributed by atoms with Gasteiger partial charge in [0.25, 0.3) is 0 Å². The first-order valence-electron chi connectivity index (χ1n) is 8.68. The van der Waals surface area contributed by atoms with Crippen LogP contribution in [0.3, 0.4) is 0 Å². The summed E-state index contributed by atoms with van der Waals surface area (Å²) in [4.78, 5) is 16.5. The molecule has 0 spiro atoms. The molecule has 5 heteroatoms. The normalized spacial score (nSPS) is 10.5. The second-order valence-electron chi connectivity index (χ2n) is 6.20. The number of rotatable bonds is 7. The van der Waals surface area contributed by atoms with Crippen molar-refractivity contribution >= 4 is 11.6 Å². The highest BCUT2D eigenvalue weighted by atomic mass is 16.5. The van der Waals surface area contributed by atoms with Crippen LogP contribution in [0.5, 0.6) is 5.75 Å². The van der Waals surface area contributed by atoms with Gasteiger partial charge in [0, 0.05) is 18.3 Å². The van der Waals surface area contributed by atoms with E-state index in [4.69, 9.17) is 4.74 Å². The number of aromatic nitrogens is 2. The molecule has 0 fully saturated rings. The van der Waals surface area contributed by atoms with Crippen molar-refractivity contribution < 1.29 is 9.53 Å². The van der Waals surface area contributed by atoms with Gasteiger partial charge in [-0.2, -0.15) is 0 Å². The summed E-state index contributed by atoms with van der Waals surface area (Å²) in [6, 6.07) is 15.8. The number of nitrogens with zero attached hydrogens (tertiary/aromatic N) is 2. The van der Waals surface area contributed by atoms with E-state index in [0.29, 0.717) is 6.42 Å². The second kappa shape index (κ2) is 8.34. The summed E-state index contributed by atoms with van der Waals surface area (Å²) in [6.45, 7) is 1.93. The molecule has 5 nitrogen and oxygen atoms in total. The molecule has 0 saturated heterocycles. The molecule has 1 N–H and O–H groups in total. The maximum atomic E-state index is 12.2. The first-order valence-corrected chi connectivity index (χ1v) is 8.68. The van der Waals surface area contributed by atoms with Crippen molar-refractivity contribution in [2.75, 3.05) is 12.4 Å². The molecule has 134 valence electrons. The minimum absolute atomic E-state index is 0.0128. The lowest BCUT2D eigenvalue weighted by atomic mass is 10.1. The summed E-state index contributed by atoms with van der Waals surface area (Å²) < 4.78 is 7.31. The Morgan fingerprint density at radius 1 is 1.19 bits per heavy atom. The highest BCUT2D eigenvalue weighted by molar-refractivity contribution is 5.91. The topological polar surface area (TPSA) is 56.1 Å². The van der Waals surface area contributed by atoms with E-state index in [9.17, 15) is 4.79 Å². The van der Waals surface area contributed by atoms with Crippen LogP contribution in [-0.2, 0) is 11.2 Å². The van der Waals surface area contributed by atoms with Crippen molar-refractivity contribution in [1.82, 2.24) is 9.55 Å². The van der Waals surface area contributed by atoms with Gasteiger partial charge < -0.3 is 14.6 Å². The third-order valence-electron chi connectivity index (χ3n) is 4.16. The fourth-order valence-electron chi connectivity index (χ4n) is 2.84. The maximum absolute atomic E-state index is 12.2. The Hall–Kier alpha value is -3.08. The van der Waals surface area contributed by atoms with Gasteiger partial charge in [0.05, 0.1) is 24.8 Å². The number of aryl methyl sites for hydroxylation is 2. The standard InChI is InChI=1S/C21H23N3O2/c1-16-14-24(15-22-16)19-13-18(11-12-20(19)26-2)23-21(25)10-6-9-17-7-4-3-5-8-17/h3-5,7-8,11-15H,6,9-10H2,1-2H3,(H,23,25). The Kier molecular flexibility index (Phi) is 5.69. The molecule has 0 bridgehead atoms. The van der Waals surface area contributed by atoms with Crippen molar-refractivity contribution in [3.05, 3.63) is 72.3 Å². The van der Waals surface area contributed by atoms with E-state index in [1.807, 2.05) is 54.1 Å². The number of hydrogen-bond donors (Lipinski definition) is 1. The van der Waals surface area contributed by atoms with Gasteiger partial charge in [0.1, 0.15) is 5.75 Å². The third-order valence-corrected chi connectivity index (χ3v) is 4.16. The van der Waals surface area contributed by atoms with Crippen LogP contribution in [0.15, 0.2) is 61.1 Å². The minimum atomic E-state index is 0.0128. The average molecular weight is 349 g/mol. The zero-order valence-corrected chi connectivity index (χ0v) is 15.1. The highest BCUT2D eigenvalue weighted by Gasteiger charge is 2.09. The number of anilines is 1. The Morgan fingerprint density at radius 2 is 2.00 bits per heavy atom. The minimum Gasteiger partial charge on any atom is -0.495 e. The van der Waals surface area contributed by atoms with Crippen molar-refractivity contribution in [2.45, 2.75) is 26.2 Å². The summed E-state index contributed by atoms with van der Waals surface area (Å²) in [5.74, 6) is 0.739. The molecule has 0 aliphatic heterocycles. The van der Waals surface area contributed by atoms with Crippen LogP contribution in [0.2, 0.25) is 0 Å². The number of ether oxygens (including phenoxy) is 1. The van der Waals surface area contributed by atoms with Crippen LogP contribution < -0.4 is 10.1 Å². The van der Waals surface area contributed by atoms with Gasteiger partial charge in [-0.15, -0.1) is 0 Å². The molecule has 0 aliphatic carbocycles. The van der Waals surface area contributed by atoms with E-state index in [-0.39, 0.29) is 5.91 Å². The summed E-state index contributed by atoms with van der Waals surface area (Å²) in [7, 11) is 1.63. The largest absolute Gasteiger partial charge is 0.495 e. The van der Waals surface area contributed by atoms with Gasteiger partial charge in [-0.3, -0.25) is 4.79 Å². The third kappa shape index (κ3) is 4.51. The zero-order valence-electron chi connectivity index (χ0n) is 15.1. The summed E-state index contributed by atoms with van der Waals surface area (Å²) in [5.41, 5.74) is 3.76. The molecule has 2 aromatic carbocycles. The van der Waals surface area contributed by atoms with E-state index >= 15 is 0 Å². The summed E-state index contributed by atoms with van der Waals surface area (Å²) in [6.07, 6.45) is 5.86. The van der Waals surface area contributed by atoms with E-state index in [1.165, 1.54) is 5.56 Å². The molecule has 3 aromatic rings. The van der Waals surface area contributed by atoms with E-state index < -0.39 is 0 Å². The number of carbonyl (C=O) groups excluding carboxylic acids is 1. The summed E-state index contributed by atoms with van der Waals surface area (Å²) in [5, 5.41) is 2.97. The highest BCUT2D eigenvalue weighted by Crippen LogP contribution is 2.26. The molecule has 0 atom stereocenters. The lowest BCUT2D eigenvalue weighted by molar-refractivity contribution is -0.116. The molecule has 0 radical (unpaired) electrons. The first kappa shape index (κ1) is 17.7. The van der Waals surface area contributed by atoms with Gasteiger partial charge in [-0.05, 0) is 43.5 Å². The maximum Gasteiger partial charge on any atom is 0.224 e.